The van der Waals surface area contributed by atoms with E-state index in [0.29, 0.717) is 6.54 Å². The van der Waals surface area contributed by atoms with Crippen LogP contribution in [0.25, 0.3) is 0 Å². The number of pyridine rings is 1. The van der Waals surface area contributed by atoms with Crippen molar-refractivity contribution >= 4 is 0 Å². The monoisotopic (exact) mass is 272 g/mol. The normalized spacial score (nSPS) is 10.9. The molecule has 2 aromatic heterocycles. The van der Waals surface area contributed by atoms with Gasteiger partial charge in [-0.2, -0.15) is 0 Å². The van der Waals surface area contributed by atoms with Crippen molar-refractivity contribution in [2.24, 2.45) is 0 Å². The highest BCUT2D eigenvalue weighted by molar-refractivity contribution is 5.10. The standard InChI is InChI=1S/C15H20N4O/c1-3-13-10-15(20)18-14(17-13)11-19(2)9-6-12-4-7-16-8-5-12/h4-5,7-8,10H,3,6,9,11H2,1-2H3,(H,17,18,20). The van der Waals surface area contributed by atoms with Gasteiger partial charge in [-0.3, -0.25) is 14.7 Å². The highest BCUT2D eigenvalue weighted by Crippen LogP contribution is 2.02. The molecule has 0 fully saturated rings. The van der Waals surface area contributed by atoms with Gasteiger partial charge in [-0.1, -0.05) is 6.92 Å². The smallest absolute Gasteiger partial charge is 0.251 e. The first-order valence-electron chi connectivity index (χ1n) is 6.84. The van der Waals surface area contributed by atoms with Crippen molar-refractivity contribution in [2.45, 2.75) is 26.3 Å². The number of hydrogen-bond donors (Lipinski definition) is 1. The number of rotatable bonds is 6. The van der Waals surface area contributed by atoms with E-state index < -0.39 is 0 Å². The highest BCUT2D eigenvalue weighted by atomic mass is 16.1. The second-order valence-corrected chi connectivity index (χ2v) is 4.88. The lowest BCUT2D eigenvalue weighted by Gasteiger charge is -2.16. The van der Waals surface area contributed by atoms with E-state index >= 15 is 0 Å². The van der Waals surface area contributed by atoms with Crippen molar-refractivity contribution in [3.8, 4) is 0 Å². The molecule has 106 valence electrons. The van der Waals surface area contributed by atoms with Gasteiger partial charge in [-0.25, -0.2) is 4.98 Å². The van der Waals surface area contributed by atoms with E-state index in [1.807, 2.05) is 26.1 Å². The maximum atomic E-state index is 11.5. The minimum absolute atomic E-state index is 0.0746. The molecule has 1 N–H and O–H groups in total. The Morgan fingerprint density at radius 3 is 2.75 bits per heavy atom. The molecule has 0 saturated heterocycles. The molecule has 2 heterocycles. The fourth-order valence-electron chi connectivity index (χ4n) is 2.02. The zero-order chi connectivity index (χ0) is 14.4. The van der Waals surface area contributed by atoms with Crippen molar-refractivity contribution < 1.29 is 0 Å². The number of hydrogen-bond acceptors (Lipinski definition) is 4. The van der Waals surface area contributed by atoms with Gasteiger partial charge < -0.3 is 4.98 Å². The van der Waals surface area contributed by atoms with Gasteiger partial charge in [0.2, 0.25) is 0 Å². The van der Waals surface area contributed by atoms with Crippen LogP contribution in [0, 0.1) is 0 Å². The van der Waals surface area contributed by atoms with Gasteiger partial charge in [-0.05, 0) is 37.6 Å². The van der Waals surface area contributed by atoms with Gasteiger partial charge in [0.15, 0.2) is 0 Å². The van der Waals surface area contributed by atoms with E-state index in [1.165, 1.54) is 5.56 Å². The number of aromatic amines is 1. The van der Waals surface area contributed by atoms with Crippen molar-refractivity contribution in [1.29, 1.82) is 0 Å². The van der Waals surface area contributed by atoms with Gasteiger partial charge in [0, 0.05) is 30.7 Å². The molecule has 5 heteroatoms. The Balaban J connectivity index is 1.92. The second-order valence-electron chi connectivity index (χ2n) is 4.88. The first-order valence-corrected chi connectivity index (χ1v) is 6.84. The maximum Gasteiger partial charge on any atom is 0.251 e. The number of aromatic nitrogens is 3. The van der Waals surface area contributed by atoms with E-state index in [1.54, 1.807) is 18.5 Å². The van der Waals surface area contributed by atoms with Gasteiger partial charge in [0.1, 0.15) is 5.82 Å². The van der Waals surface area contributed by atoms with Crippen molar-refractivity contribution in [2.75, 3.05) is 13.6 Å². The molecule has 0 spiro atoms. The van der Waals surface area contributed by atoms with Gasteiger partial charge in [-0.15, -0.1) is 0 Å². The summed E-state index contributed by atoms with van der Waals surface area (Å²) in [6.07, 6.45) is 5.34. The largest absolute Gasteiger partial charge is 0.309 e. The molecular weight excluding hydrogens is 252 g/mol. The van der Waals surface area contributed by atoms with Crippen LogP contribution in [-0.4, -0.2) is 33.4 Å². The lowest BCUT2D eigenvalue weighted by atomic mass is 10.2. The average Bonchev–Trinajstić information content (AvgIpc) is 2.45. The summed E-state index contributed by atoms with van der Waals surface area (Å²) in [5, 5.41) is 0. The number of nitrogens with one attached hydrogen (secondary N) is 1. The van der Waals surface area contributed by atoms with Crippen LogP contribution in [0.4, 0.5) is 0 Å². The summed E-state index contributed by atoms with van der Waals surface area (Å²) in [7, 11) is 2.03. The molecule has 0 amide bonds. The topological polar surface area (TPSA) is 61.9 Å². The summed E-state index contributed by atoms with van der Waals surface area (Å²) in [5.74, 6) is 0.728. The maximum absolute atomic E-state index is 11.5. The van der Waals surface area contributed by atoms with E-state index in [4.69, 9.17) is 0 Å². The summed E-state index contributed by atoms with van der Waals surface area (Å²) in [6, 6.07) is 5.60. The number of aryl methyl sites for hydroxylation is 1. The Labute approximate surface area is 118 Å². The van der Waals surface area contributed by atoms with E-state index in [9.17, 15) is 4.79 Å². The van der Waals surface area contributed by atoms with E-state index in [0.717, 1.165) is 30.9 Å². The minimum Gasteiger partial charge on any atom is -0.309 e. The van der Waals surface area contributed by atoms with Crippen LogP contribution >= 0.6 is 0 Å². The molecule has 0 bridgehead atoms. The molecule has 0 saturated carbocycles. The van der Waals surface area contributed by atoms with Crippen LogP contribution in [0.2, 0.25) is 0 Å². The van der Waals surface area contributed by atoms with Gasteiger partial charge >= 0.3 is 0 Å². The molecule has 0 radical (unpaired) electrons. The number of nitrogens with zero attached hydrogens (tertiary/aromatic N) is 3. The third-order valence-corrected chi connectivity index (χ3v) is 3.16. The SMILES string of the molecule is CCc1cc(=O)[nH]c(CN(C)CCc2ccncc2)n1. The molecule has 0 aliphatic heterocycles. The third kappa shape index (κ3) is 4.28. The van der Waals surface area contributed by atoms with Gasteiger partial charge in [0.05, 0.1) is 6.54 Å². The van der Waals surface area contributed by atoms with Crippen molar-refractivity contribution in [3.05, 3.63) is 58.0 Å². The Bertz CT molecular complexity index is 594. The van der Waals surface area contributed by atoms with Crippen molar-refractivity contribution in [1.82, 2.24) is 19.9 Å². The predicted octanol–water partition coefficient (Wildman–Crippen LogP) is 1.40. The molecule has 0 aromatic carbocycles. The predicted molar refractivity (Wildman–Crippen MR) is 78.5 cm³/mol. The summed E-state index contributed by atoms with van der Waals surface area (Å²) in [5.41, 5.74) is 2.02. The Hall–Kier alpha value is -2.01. The molecule has 20 heavy (non-hydrogen) atoms. The third-order valence-electron chi connectivity index (χ3n) is 3.16. The lowest BCUT2D eigenvalue weighted by molar-refractivity contribution is 0.321. The molecule has 0 aliphatic carbocycles. The second kappa shape index (κ2) is 6.96. The molecule has 0 atom stereocenters. The highest BCUT2D eigenvalue weighted by Gasteiger charge is 2.05. The van der Waals surface area contributed by atoms with Gasteiger partial charge in [0.25, 0.3) is 5.56 Å². The Morgan fingerprint density at radius 1 is 1.30 bits per heavy atom. The zero-order valence-electron chi connectivity index (χ0n) is 12.0. The fraction of sp³-hybridized carbons (Fsp3) is 0.400. The minimum atomic E-state index is -0.0746. The molecule has 0 unspecified atom stereocenters. The van der Waals surface area contributed by atoms with Crippen LogP contribution in [0.1, 0.15) is 24.0 Å². The summed E-state index contributed by atoms with van der Waals surface area (Å²) >= 11 is 0. The number of likely N-dealkylation sites (N-methyl/N-ethyl adjacent to an activating group) is 1. The van der Waals surface area contributed by atoms with Crippen LogP contribution < -0.4 is 5.56 Å². The molecule has 2 rings (SSSR count). The first-order chi connectivity index (χ1) is 9.67. The summed E-state index contributed by atoms with van der Waals surface area (Å²) in [6.45, 7) is 3.55. The Morgan fingerprint density at radius 2 is 2.05 bits per heavy atom. The Kier molecular flexibility index (Phi) is 5.01. The molecule has 2 aromatic rings. The van der Waals surface area contributed by atoms with Crippen LogP contribution in [0.15, 0.2) is 35.4 Å². The zero-order valence-corrected chi connectivity index (χ0v) is 12.0. The first kappa shape index (κ1) is 14.4. The van der Waals surface area contributed by atoms with Crippen LogP contribution in [0.5, 0.6) is 0 Å². The summed E-state index contributed by atoms with van der Waals surface area (Å²) in [4.78, 5) is 24.9. The molecular formula is C15H20N4O. The summed E-state index contributed by atoms with van der Waals surface area (Å²) < 4.78 is 0. The number of H-pyrrole nitrogens is 1. The lowest BCUT2D eigenvalue weighted by Crippen LogP contribution is -2.24. The van der Waals surface area contributed by atoms with E-state index in [-0.39, 0.29) is 5.56 Å². The van der Waals surface area contributed by atoms with Crippen LogP contribution in [0.3, 0.4) is 0 Å². The molecule has 5 nitrogen and oxygen atoms in total. The van der Waals surface area contributed by atoms with Crippen molar-refractivity contribution in [3.63, 3.8) is 0 Å². The molecule has 0 aliphatic rings. The fourth-order valence-corrected chi connectivity index (χ4v) is 2.02. The van der Waals surface area contributed by atoms with E-state index in [2.05, 4.69) is 19.9 Å². The average molecular weight is 272 g/mol. The van der Waals surface area contributed by atoms with Crippen LogP contribution in [-0.2, 0) is 19.4 Å². The quantitative estimate of drug-likeness (QED) is 0.863.